The van der Waals surface area contributed by atoms with Crippen molar-refractivity contribution < 1.29 is 56.4 Å². The molecule has 8 nitrogen and oxygen atoms in total. The number of carbonyl (C=O) groups excluding carboxylic acids is 2. The van der Waals surface area contributed by atoms with Gasteiger partial charge >= 0.3 is 28.7 Å². The molecule has 2 rings (SSSR count). The zero-order valence-corrected chi connectivity index (χ0v) is 13.3. The van der Waals surface area contributed by atoms with Crippen molar-refractivity contribution in [2.75, 3.05) is 0 Å². The number of hydrogen-bond acceptors (Lipinski definition) is 6. The van der Waals surface area contributed by atoms with Gasteiger partial charge in [0, 0.05) is 11.1 Å². The van der Waals surface area contributed by atoms with Crippen LogP contribution in [0.2, 0.25) is 0 Å². The van der Waals surface area contributed by atoms with E-state index in [4.69, 9.17) is 10.2 Å². The van der Waals surface area contributed by atoms with Crippen LogP contribution in [0, 0.1) is 0 Å². The molecule has 0 heterocycles. The molecular weight excluding hydrogens is 379 g/mol. The van der Waals surface area contributed by atoms with Crippen molar-refractivity contribution in [2.24, 2.45) is 0 Å². The second-order valence-corrected chi connectivity index (χ2v) is 4.28. The second-order valence-electron chi connectivity index (χ2n) is 4.28. The van der Waals surface area contributed by atoms with Gasteiger partial charge in [-0.25, -0.2) is 9.59 Å². The Hall–Kier alpha value is -3.17. The normalized spacial score (nSPS) is 8.96. The molecule has 0 aromatic heterocycles. The number of benzene rings is 2. The number of aromatic carboxylic acids is 4. The SMILES string of the molecule is O=C(O)c1ccccc1C(=O)O.O=C([O-])c1ccccc1C(=O)[O-].[Co+2]. The molecule has 131 valence electrons. The fourth-order valence-electron chi connectivity index (χ4n) is 1.70. The van der Waals surface area contributed by atoms with E-state index >= 15 is 0 Å². The van der Waals surface area contributed by atoms with Crippen LogP contribution in [0.25, 0.3) is 0 Å². The summed E-state index contributed by atoms with van der Waals surface area (Å²) in [5.74, 6) is -5.49. The fourth-order valence-corrected chi connectivity index (χ4v) is 1.70. The Morgan fingerprint density at radius 1 is 0.600 bits per heavy atom. The topological polar surface area (TPSA) is 155 Å². The predicted octanol–water partition coefficient (Wildman–Crippen LogP) is -0.506. The van der Waals surface area contributed by atoms with E-state index in [2.05, 4.69) is 0 Å². The summed E-state index contributed by atoms with van der Waals surface area (Å²) in [5, 5.41) is 37.8. The molecule has 0 aliphatic rings. The van der Waals surface area contributed by atoms with Crippen molar-refractivity contribution in [3.8, 4) is 0 Å². The van der Waals surface area contributed by atoms with Crippen LogP contribution in [0.1, 0.15) is 41.4 Å². The van der Waals surface area contributed by atoms with Crippen LogP contribution in [-0.4, -0.2) is 34.1 Å². The molecule has 0 bridgehead atoms. The molecule has 0 spiro atoms. The largest absolute Gasteiger partial charge is 2.00 e. The molecule has 0 unspecified atom stereocenters. The van der Waals surface area contributed by atoms with E-state index in [0.29, 0.717) is 0 Å². The average Bonchev–Trinajstić information content (AvgIpc) is 2.55. The van der Waals surface area contributed by atoms with Crippen LogP contribution in [0.3, 0.4) is 0 Å². The fraction of sp³-hybridized carbons (Fsp3) is 0. The Morgan fingerprint density at radius 2 is 0.840 bits per heavy atom. The van der Waals surface area contributed by atoms with Gasteiger partial charge in [0.25, 0.3) is 0 Å². The predicted molar refractivity (Wildman–Crippen MR) is 75.5 cm³/mol. The molecule has 0 saturated heterocycles. The number of hydrogen-bond donors (Lipinski definition) is 2. The van der Waals surface area contributed by atoms with Crippen molar-refractivity contribution in [2.45, 2.75) is 0 Å². The van der Waals surface area contributed by atoms with Gasteiger partial charge in [0.15, 0.2) is 0 Å². The minimum atomic E-state index is -1.52. The third-order valence-corrected chi connectivity index (χ3v) is 2.75. The molecule has 0 atom stereocenters. The number of rotatable bonds is 4. The average molecular weight is 389 g/mol. The second kappa shape index (κ2) is 9.85. The summed E-state index contributed by atoms with van der Waals surface area (Å²) in [7, 11) is 0. The smallest absolute Gasteiger partial charge is 0.545 e. The summed E-state index contributed by atoms with van der Waals surface area (Å²) in [6.45, 7) is 0. The van der Waals surface area contributed by atoms with Gasteiger partial charge in [-0.2, -0.15) is 0 Å². The molecular formula is C16H10CoO8. The van der Waals surface area contributed by atoms with Crippen molar-refractivity contribution in [1.29, 1.82) is 0 Å². The van der Waals surface area contributed by atoms with Crippen LogP contribution in [-0.2, 0) is 16.8 Å². The first-order valence-electron chi connectivity index (χ1n) is 6.33. The van der Waals surface area contributed by atoms with Gasteiger partial charge in [-0.15, -0.1) is 0 Å². The van der Waals surface area contributed by atoms with E-state index in [-0.39, 0.29) is 39.0 Å². The third kappa shape index (κ3) is 6.09. The van der Waals surface area contributed by atoms with Gasteiger partial charge in [-0.3, -0.25) is 0 Å². The van der Waals surface area contributed by atoms with Gasteiger partial charge in [0.05, 0.1) is 23.1 Å². The van der Waals surface area contributed by atoms with Gasteiger partial charge in [-0.1, -0.05) is 36.4 Å². The Labute approximate surface area is 151 Å². The molecule has 2 aromatic carbocycles. The molecule has 2 aromatic rings. The van der Waals surface area contributed by atoms with Gasteiger partial charge in [0.1, 0.15) is 0 Å². The first-order valence-corrected chi connectivity index (χ1v) is 6.33. The summed E-state index contributed by atoms with van der Waals surface area (Å²) in [5.41, 5.74) is -1.11. The molecule has 0 saturated carbocycles. The minimum absolute atomic E-state index is 0. The van der Waals surface area contributed by atoms with Crippen LogP contribution in [0.4, 0.5) is 0 Å². The molecule has 0 aliphatic carbocycles. The van der Waals surface area contributed by atoms with Crippen molar-refractivity contribution in [1.82, 2.24) is 0 Å². The molecule has 25 heavy (non-hydrogen) atoms. The van der Waals surface area contributed by atoms with E-state index in [9.17, 15) is 29.4 Å². The van der Waals surface area contributed by atoms with E-state index in [1.54, 1.807) is 0 Å². The van der Waals surface area contributed by atoms with Gasteiger partial charge in [0.2, 0.25) is 0 Å². The summed E-state index contributed by atoms with van der Waals surface area (Å²) in [4.78, 5) is 41.6. The van der Waals surface area contributed by atoms with Crippen molar-refractivity contribution >= 4 is 23.9 Å². The van der Waals surface area contributed by atoms with Crippen LogP contribution >= 0.6 is 0 Å². The summed E-state index contributed by atoms with van der Waals surface area (Å²) >= 11 is 0. The number of carboxylic acids is 4. The number of carbonyl (C=O) groups is 4. The quantitative estimate of drug-likeness (QED) is 0.709. The maximum atomic E-state index is 10.5. The maximum absolute atomic E-state index is 10.5. The molecule has 0 amide bonds. The van der Waals surface area contributed by atoms with Crippen LogP contribution in [0.5, 0.6) is 0 Å². The molecule has 0 fully saturated rings. The van der Waals surface area contributed by atoms with Crippen molar-refractivity contribution in [3.05, 3.63) is 70.8 Å². The van der Waals surface area contributed by atoms with Gasteiger partial charge < -0.3 is 30.0 Å². The Kier molecular flexibility index (Phi) is 8.60. The van der Waals surface area contributed by atoms with Crippen molar-refractivity contribution in [3.63, 3.8) is 0 Å². The Bertz CT molecular complexity index is 667. The van der Waals surface area contributed by atoms with E-state index in [0.717, 1.165) is 12.1 Å². The standard InChI is InChI=1S/2C8H6O4.Co/c2*9-7(10)5-3-1-2-4-6(5)8(11)12;/h2*1-4H,(H,9,10)(H,11,12);/q;;+2/p-2. The third-order valence-electron chi connectivity index (χ3n) is 2.75. The first-order chi connectivity index (χ1) is 11.3. The first kappa shape index (κ1) is 21.8. The van der Waals surface area contributed by atoms with E-state index in [1.165, 1.54) is 36.4 Å². The van der Waals surface area contributed by atoms with Gasteiger partial charge in [-0.05, 0) is 12.1 Å². The molecule has 0 aliphatic heterocycles. The summed E-state index contributed by atoms with van der Waals surface area (Å²) in [6, 6.07) is 10.6. The minimum Gasteiger partial charge on any atom is -0.545 e. The monoisotopic (exact) mass is 389 g/mol. The molecule has 1 radical (unpaired) electrons. The summed E-state index contributed by atoms with van der Waals surface area (Å²) < 4.78 is 0. The zero-order valence-electron chi connectivity index (χ0n) is 12.3. The molecule has 9 heteroatoms. The van der Waals surface area contributed by atoms with Crippen LogP contribution < -0.4 is 10.2 Å². The number of carboxylic acid groups (broad SMARTS) is 4. The van der Waals surface area contributed by atoms with E-state index < -0.39 is 23.9 Å². The molecule has 2 N–H and O–H groups in total. The van der Waals surface area contributed by atoms with E-state index in [1.807, 2.05) is 0 Å². The van der Waals surface area contributed by atoms with Crippen LogP contribution in [0.15, 0.2) is 48.5 Å². The Balaban J connectivity index is 0.000000443. The Morgan fingerprint density at radius 3 is 1.04 bits per heavy atom. The summed E-state index contributed by atoms with van der Waals surface area (Å²) in [6.07, 6.45) is 0. The maximum Gasteiger partial charge on any atom is 2.00 e. The zero-order chi connectivity index (χ0) is 18.3.